The predicted molar refractivity (Wildman–Crippen MR) is 93.2 cm³/mol. The van der Waals surface area contributed by atoms with E-state index < -0.39 is 11.5 Å². The highest BCUT2D eigenvalue weighted by Gasteiger charge is 2.48. The molecule has 1 aliphatic rings. The van der Waals surface area contributed by atoms with Crippen molar-refractivity contribution < 1.29 is 14.7 Å². The summed E-state index contributed by atoms with van der Waals surface area (Å²) in [6.07, 6.45) is 1.73. The standard InChI is InChI=1S/C17H17ClN2O3S/c1-17(16(22)23,11-5-6-11)20-14(21)8-13-9-24-15(19-13)10-3-2-4-12(18)7-10/h2-4,7,9,11H,5-6,8H2,1H3,(H,20,21)(H,22,23). The van der Waals surface area contributed by atoms with Crippen LogP contribution in [0.4, 0.5) is 0 Å². The topological polar surface area (TPSA) is 79.3 Å². The van der Waals surface area contributed by atoms with Gasteiger partial charge in [-0.05, 0) is 37.8 Å². The van der Waals surface area contributed by atoms with Crippen LogP contribution < -0.4 is 5.32 Å². The number of nitrogens with one attached hydrogen (secondary N) is 1. The number of halogens is 1. The number of amides is 1. The van der Waals surface area contributed by atoms with E-state index in [-0.39, 0.29) is 18.2 Å². The lowest BCUT2D eigenvalue weighted by molar-refractivity contribution is -0.147. The maximum absolute atomic E-state index is 12.2. The third kappa shape index (κ3) is 3.60. The molecule has 2 N–H and O–H groups in total. The molecule has 1 atom stereocenters. The molecule has 126 valence electrons. The first-order valence-corrected chi connectivity index (χ1v) is 8.89. The van der Waals surface area contributed by atoms with E-state index in [1.807, 2.05) is 23.6 Å². The molecule has 1 unspecified atom stereocenters. The van der Waals surface area contributed by atoms with Gasteiger partial charge in [-0.2, -0.15) is 0 Å². The van der Waals surface area contributed by atoms with Crippen molar-refractivity contribution in [1.82, 2.24) is 10.3 Å². The van der Waals surface area contributed by atoms with Crippen molar-refractivity contribution in [2.75, 3.05) is 0 Å². The van der Waals surface area contributed by atoms with Gasteiger partial charge in [0.05, 0.1) is 12.1 Å². The zero-order chi connectivity index (χ0) is 17.3. The van der Waals surface area contributed by atoms with Gasteiger partial charge >= 0.3 is 5.97 Å². The van der Waals surface area contributed by atoms with Crippen LogP contribution in [0.1, 0.15) is 25.5 Å². The van der Waals surface area contributed by atoms with Gasteiger partial charge in [-0.15, -0.1) is 11.3 Å². The first kappa shape index (κ1) is 16.9. The number of carbonyl (C=O) groups is 2. The Kier molecular flexibility index (Phi) is 4.60. The minimum absolute atomic E-state index is 0.0106. The van der Waals surface area contributed by atoms with E-state index in [1.165, 1.54) is 11.3 Å². The number of carbonyl (C=O) groups excluding carboxylic acids is 1. The van der Waals surface area contributed by atoms with Crippen LogP contribution in [0.15, 0.2) is 29.6 Å². The van der Waals surface area contributed by atoms with Gasteiger partial charge in [0, 0.05) is 16.0 Å². The van der Waals surface area contributed by atoms with E-state index in [9.17, 15) is 14.7 Å². The lowest BCUT2D eigenvalue weighted by Crippen LogP contribution is -2.54. The number of carboxylic acid groups (broad SMARTS) is 1. The Morgan fingerprint density at radius 3 is 2.83 bits per heavy atom. The van der Waals surface area contributed by atoms with E-state index in [0.717, 1.165) is 23.4 Å². The van der Waals surface area contributed by atoms with Gasteiger partial charge in [-0.3, -0.25) is 4.79 Å². The monoisotopic (exact) mass is 364 g/mol. The largest absolute Gasteiger partial charge is 0.480 e. The molecule has 0 aliphatic heterocycles. The molecule has 7 heteroatoms. The Balaban J connectivity index is 1.68. The van der Waals surface area contributed by atoms with Crippen LogP contribution in [0.25, 0.3) is 10.6 Å². The summed E-state index contributed by atoms with van der Waals surface area (Å²) in [5, 5.41) is 15.3. The average molecular weight is 365 g/mol. The summed E-state index contributed by atoms with van der Waals surface area (Å²) in [6.45, 7) is 1.57. The SMILES string of the molecule is CC(NC(=O)Cc1csc(-c2cccc(Cl)c2)n1)(C(=O)O)C1CC1. The quantitative estimate of drug-likeness (QED) is 0.823. The molecule has 0 radical (unpaired) electrons. The second-order valence-electron chi connectivity index (χ2n) is 6.16. The van der Waals surface area contributed by atoms with Crippen molar-refractivity contribution in [3.05, 3.63) is 40.4 Å². The summed E-state index contributed by atoms with van der Waals surface area (Å²) in [4.78, 5) is 28.2. The Morgan fingerprint density at radius 1 is 1.46 bits per heavy atom. The smallest absolute Gasteiger partial charge is 0.329 e. The molecule has 1 saturated carbocycles. The van der Waals surface area contributed by atoms with Gasteiger partial charge in [0.1, 0.15) is 10.5 Å². The number of nitrogens with zero attached hydrogens (tertiary/aromatic N) is 1. The number of hydrogen-bond donors (Lipinski definition) is 2. The fraction of sp³-hybridized carbons (Fsp3) is 0.353. The number of aromatic nitrogens is 1. The second kappa shape index (κ2) is 6.53. The number of benzene rings is 1. The number of rotatable bonds is 6. The molecule has 5 nitrogen and oxygen atoms in total. The molecule has 0 spiro atoms. The van der Waals surface area contributed by atoms with Crippen molar-refractivity contribution in [3.63, 3.8) is 0 Å². The molecule has 24 heavy (non-hydrogen) atoms. The van der Waals surface area contributed by atoms with Crippen LogP contribution in [0.3, 0.4) is 0 Å². The van der Waals surface area contributed by atoms with Crippen LogP contribution in [0.5, 0.6) is 0 Å². The fourth-order valence-electron chi connectivity index (χ4n) is 2.63. The highest BCUT2D eigenvalue weighted by atomic mass is 35.5. The molecule has 1 aromatic heterocycles. The summed E-state index contributed by atoms with van der Waals surface area (Å²) >= 11 is 7.41. The van der Waals surface area contributed by atoms with Gasteiger partial charge in [0.25, 0.3) is 0 Å². The Labute approximate surface area is 148 Å². The van der Waals surface area contributed by atoms with E-state index >= 15 is 0 Å². The first-order chi connectivity index (χ1) is 11.4. The van der Waals surface area contributed by atoms with Gasteiger partial charge in [-0.25, -0.2) is 9.78 Å². The zero-order valence-corrected chi connectivity index (χ0v) is 14.7. The average Bonchev–Trinajstić information content (AvgIpc) is 3.28. The van der Waals surface area contributed by atoms with E-state index in [1.54, 1.807) is 13.0 Å². The minimum atomic E-state index is -1.19. The maximum Gasteiger partial charge on any atom is 0.329 e. The Hall–Kier alpha value is -1.92. The lowest BCUT2D eigenvalue weighted by Gasteiger charge is -2.25. The number of thiazole rings is 1. The molecule has 0 bridgehead atoms. The third-order valence-corrected chi connectivity index (χ3v) is 5.38. The molecule has 2 aromatic rings. The van der Waals surface area contributed by atoms with Gasteiger partial charge < -0.3 is 10.4 Å². The number of aliphatic carboxylic acids is 1. The Morgan fingerprint density at radius 2 is 2.21 bits per heavy atom. The molecule has 1 aliphatic carbocycles. The molecule has 3 rings (SSSR count). The van der Waals surface area contributed by atoms with Crippen LogP contribution in [0, 0.1) is 5.92 Å². The molecular weight excluding hydrogens is 348 g/mol. The molecule has 1 aromatic carbocycles. The van der Waals surface area contributed by atoms with Gasteiger partial charge in [-0.1, -0.05) is 23.7 Å². The predicted octanol–water partition coefficient (Wildman–Crippen LogP) is 3.38. The number of hydrogen-bond acceptors (Lipinski definition) is 4. The molecule has 0 saturated heterocycles. The minimum Gasteiger partial charge on any atom is -0.480 e. The van der Waals surface area contributed by atoms with Crippen molar-refractivity contribution in [1.29, 1.82) is 0 Å². The van der Waals surface area contributed by atoms with Crippen molar-refractivity contribution >= 4 is 34.8 Å². The van der Waals surface area contributed by atoms with Crippen molar-refractivity contribution in [2.45, 2.75) is 31.7 Å². The molecule has 1 amide bonds. The summed E-state index contributed by atoms with van der Waals surface area (Å²) in [5.41, 5.74) is 0.326. The summed E-state index contributed by atoms with van der Waals surface area (Å²) < 4.78 is 0. The molecule has 1 heterocycles. The van der Waals surface area contributed by atoms with Crippen molar-refractivity contribution in [3.8, 4) is 10.6 Å². The van der Waals surface area contributed by atoms with E-state index in [4.69, 9.17) is 11.6 Å². The normalized spacial score (nSPS) is 16.4. The third-order valence-electron chi connectivity index (χ3n) is 4.20. The first-order valence-electron chi connectivity index (χ1n) is 7.63. The maximum atomic E-state index is 12.2. The van der Waals surface area contributed by atoms with Crippen LogP contribution >= 0.6 is 22.9 Å². The second-order valence-corrected chi connectivity index (χ2v) is 7.46. The lowest BCUT2D eigenvalue weighted by atomic mass is 9.95. The summed E-state index contributed by atoms with van der Waals surface area (Å²) in [6, 6.07) is 7.36. The van der Waals surface area contributed by atoms with Crippen LogP contribution in [-0.2, 0) is 16.0 Å². The molecular formula is C17H17ClN2O3S. The van der Waals surface area contributed by atoms with E-state index in [2.05, 4.69) is 10.3 Å². The fourth-order valence-corrected chi connectivity index (χ4v) is 3.64. The van der Waals surface area contributed by atoms with Crippen LogP contribution in [0.2, 0.25) is 5.02 Å². The van der Waals surface area contributed by atoms with Crippen molar-refractivity contribution in [2.24, 2.45) is 5.92 Å². The summed E-state index contributed by atoms with van der Waals surface area (Å²) in [7, 11) is 0. The van der Waals surface area contributed by atoms with Gasteiger partial charge in [0.2, 0.25) is 5.91 Å². The highest BCUT2D eigenvalue weighted by molar-refractivity contribution is 7.13. The Bertz CT molecular complexity index is 788. The highest BCUT2D eigenvalue weighted by Crippen LogP contribution is 2.39. The van der Waals surface area contributed by atoms with Crippen LogP contribution in [-0.4, -0.2) is 27.5 Å². The summed E-state index contributed by atoms with van der Waals surface area (Å²) in [5.74, 6) is -1.30. The number of carboxylic acids is 1. The van der Waals surface area contributed by atoms with Gasteiger partial charge in [0.15, 0.2) is 0 Å². The zero-order valence-electron chi connectivity index (χ0n) is 13.1. The van der Waals surface area contributed by atoms with E-state index in [0.29, 0.717) is 10.7 Å². The molecule has 1 fully saturated rings.